The van der Waals surface area contributed by atoms with Gasteiger partial charge in [-0.05, 0) is 30.6 Å². The number of rotatable bonds is 1. The molecule has 2 saturated heterocycles. The number of hydrogen-bond donors (Lipinski definition) is 1. The van der Waals surface area contributed by atoms with E-state index in [2.05, 4.69) is 20.8 Å². The number of hydrogen-bond acceptors (Lipinski definition) is 3. The van der Waals surface area contributed by atoms with Gasteiger partial charge in [0.1, 0.15) is 0 Å². The van der Waals surface area contributed by atoms with Gasteiger partial charge >= 0.3 is 0 Å². The Hall–Kier alpha value is -0.610. The molecule has 2 fully saturated rings. The first-order valence-corrected chi connectivity index (χ1v) is 6.99. The van der Waals surface area contributed by atoms with Gasteiger partial charge in [0.25, 0.3) is 0 Å². The summed E-state index contributed by atoms with van der Waals surface area (Å²) in [6.07, 6.45) is 2.41. The lowest BCUT2D eigenvalue weighted by Crippen LogP contribution is -2.57. The van der Waals surface area contributed by atoms with E-state index in [-0.39, 0.29) is 11.3 Å². The molecule has 0 aliphatic carbocycles. The third-order valence-corrected chi connectivity index (χ3v) is 4.51. The van der Waals surface area contributed by atoms with Crippen molar-refractivity contribution >= 4 is 5.91 Å². The second kappa shape index (κ2) is 4.82. The number of ether oxygens (including phenoxy) is 1. The second-order valence-corrected chi connectivity index (χ2v) is 6.87. The zero-order chi connectivity index (χ0) is 13.4. The van der Waals surface area contributed by atoms with Crippen molar-refractivity contribution < 1.29 is 9.53 Å². The molecule has 0 bridgehead atoms. The van der Waals surface area contributed by atoms with Gasteiger partial charge in [-0.15, -0.1) is 0 Å². The van der Waals surface area contributed by atoms with Crippen molar-refractivity contribution in [1.29, 1.82) is 0 Å². The lowest BCUT2D eigenvalue weighted by atomic mass is 9.80. The topological polar surface area (TPSA) is 55.6 Å². The van der Waals surface area contributed by atoms with Gasteiger partial charge in [0.05, 0.1) is 5.54 Å². The highest BCUT2D eigenvalue weighted by atomic mass is 16.5. The molecule has 4 nitrogen and oxygen atoms in total. The second-order valence-electron chi connectivity index (χ2n) is 6.87. The van der Waals surface area contributed by atoms with E-state index >= 15 is 0 Å². The smallest absolute Gasteiger partial charge is 0.242 e. The Morgan fingerprint density at radius 3 is 2.44 bits per heavy atom. The monoisotopic (exact) mass is 254 g/mol. The van der Waals surface area contributed by atoms with Gasteiger partial charge in [0, 0.05) is 26.3 Å². The van der Waals surface area contributed by atoms with Gasteiger partial charge < -0.3 is 15.4 Å². The predicted octanol–water partition coefficient (Wildman–Crippen LogP) is 1.39. The summed E-state index contributed by atoms with van der Waals surface area (Å²) in [4.78, 5) is 14.5. The number of nitrogens with two attached hydrogens (primary N) is 1. The number of carbonyl (C=O) groups excluding carboxylic acids is 1. The minimum atomic E-state index is -0.676. The maximum absolute atomic E-state index is 12.5. The molecule has 1 atom stereocenters. The van der Waals surface area contributed by atoms with Gasteiger partial charge in [-0.25, -0.2) is 0 Å². The number of likely N-dealkylation sites (tertiary alicyclic amines) is 1. The van der Waals surface area contributed by atoms with Crippen LogP contribution in [-0.2, 0) is 9.53 Å². The molecule has 2 N–H and O–H groups in total. The van der Waals surface area contributed by atoms with Crippen LogP contribution < -0.4 is 5.73 Å². The molecule has 2 aliphatic rings. The van der Waals surface area contributed by atoms with Crippen LogP contribution in [0.2, 0.25) is 0 Å². The van der Waals surface area contributed by atoms with Crippen molar-refractivity contribution in [2.75, 3.05) is 26.3 Å². The van der Waals surface area contributed by atoms with Crippen molar-refractivity contribution in [3.63, 3.8) is 0 Å². The van der Waals surface area contributed by atoms with Crippen LogP contribution in [0.3, 0.4) is 0 Å². The molecule has 18 heavy (non-hydrogen) atoms. The van der Waals surface area contributed by atoms with Crippen LogP contribution >= 0.6 is 0 Å². The molecule has 0 saturated carbocycles. The van der Waals surface area contributed by atoms with Crippen molar-refractivity contribution in [2.24, 2.45) is 17.1 Å². The van der Waals surface area contributed by atoms with Crippen LogP contribution in [0.1, 0.15) is 40.0 Å². The highest BCUT2D eigenvalue weighted by Gasteiger charge is 2.42. The fraction of sp³-hybridized carbons (Fsp3) is 0.929. The molecule has 2 rings (SSSR count). The summed E-state index contributed by atoms with van der Waals surface area (Å²) in [7, 11) is 0. The first-order chi connectivity index (χ1) is 8.33. The van der Waals surface area contributed by atoms with Crippen molar-refractivity contribution in [2.45, 2.75) is 45.6 Å². The Bertz CT molecular complexity index is 316. The van der Waals surface area contributed by atoms with Gasteiger partial charge in [-0.2, -0.15) is 0 Å². The summed E-state index contributed by atoms with van der Waals surface area (Å²) in [5, 5.41) is 0. The summed E-state index contributed by atoms with van der Waals surface area (Å²) >= 11 is 0. The molecule has 1 unspecified atom stereocenters. The third kappa shape index (κ3) is 2.69. The number of carbonyl (C=O) groups is 1. The summed E-state index contributed by atoms with van der Waals surface area (Å²) in [6, 6.07) is 0. The molecule has 104 valence electrons. The molecule has 2 heterocycles. The summed E-state index contributed by atoms with van der Waals surface area (Å²) < 4.78 is 5.30. The van der Waals surface area contributed by atoms with E-state index in [1.165, 1.54) is 0 Å². The zero-order valence-electron chi connectivity index (χ0n) is 11.9. The molecule has 2 aliphatic heterocycles. The van der Waals surface area contributed by atoms with Crippen LogP contribution in [0.15, 0.2) is 0 Å². The first-order valence-electron chi connectivity index (χ1n) is 6.99. The van der Waals surface area contributed by atoms with E-state index in [1.54, 1.807) is 0 Å². The Kier molecular flexibility index (Phi) is 3.70. The van der Waals surface area contributed by atoms with Crippen LogP contribution in [-0.4, -0.2) is 42.6 Å². The molecule has 1 amide bonds. The normalized spacial score (nSPS) is 28.4. The summed E-state index contributed by atoms with van der Waals surface area (Å²) in [6.45, 7) is 9.69. The number of nitrogens with zero attached hydrogens (tertiary/aromatic N) is 1. The molecular formula is C14H26N2O2. The Morgan fingerprint density at radius 1 is 1.33 bits per heavy atom. The third-order valence-electron chi connectivity index (χ3n) is 4.51. The molecule has 0 aromatic heterocycles. The van der Waals surface area contributed by atoms with E-state index in [0.717, 1.165) is 19.5 Å². The fourth-order valence-electron chi connectivity index (χ4n) is 2.92. The highest BCUT2D eigenvalue weighted by molar-refractivity contribution is 5.86. The van der Waals surface area contributed by atoms with Crippen molar-refractivity contribution in [1.82, 2.24) is 4.90 Å². The van der Waals surface area contributed by atoms with Gasteiger partial charge in [0.15, 0.2) is 0 Å². The van der Waals surface area contributed by atoms with Gasteiger partial charge in [0.2, 0.25) is 5.91 Å². The molecule has 0 aromatic rings. The van der Waals surface area contributed by atoms with Gasteiger partial charge in [-0.3, -0.25) is 4.79 Å². The Balaban J connectivity index is 1.99. The average Bonchev–Trinajstić information content (AvgIpc) is 2.77. The Labute approximate surface area is 110 Å². The quantitative estimate of drug-likeness (QED) is 0.769. The maximum atomic E-state index is 12.5. The van der Waals surface area contributed by atoms with Gasteiger partial charge in [-0.1, -0.05) is 20.8 Å². The van der Waals surface area contributed by atoms with E-state index in [9.17, 15) is 4.79 Å². The van der Waals surface area contributed by atoms with Crippen LogP contribution in [0.25, 0.3) is 0 Å². The van der Waals surface area contributed by atoms with Crippen LogP contribution in [0, 0.1) is 11.3 Å². The van der Waals surface area contributed by atoms with E-state index in [1.807, 2.05) is 4.90 Å². The Morgan fingerprint density at radius 2 is 1.94 bits per heavy atom. The van der Waals surface area contributed by atoms with Crippen LogP contribution in [0.5, 0.6) is 0 Å². The number of amides is 1. The van der Waals surface area contributed by atoms with Crippen molar-refractivity contribution in [3.05, 3.63) is 0 Å². The minimum Gasteiger partial charge on any atom is -0.381 e. The molecule has 4 heteroatoms. The first kappa shape index (κ1) is 13.8. The lowest BCUT2D eigenvalue weighted by molar-refractivity contribution is -0.139. The van der Waals surface area contributed by atoms with E-state index in [4.69, 9.17) is 10.5 Å². The molecule has 0 spiro atoms. The molecule has 0 aromatic carbocycles. The predicted molar refractivity (Wildman–Crippen MR) is 71.1 cm³/mol. The summed E-state index contributed by atoms with van der Waals surface area (Å²) in [5.41, 5.74) is 5.86. The largest absolute Gasteiger partial charge is 0.381 e. The summed E-state index contributed by atoms with van der Waals surface area (Å²) in [5.74, 6) is 0.724. The zero-order valence-corrected chi connectivity index (χ0v) is 11.9. The van der Waals surface area contributed by atoms with E-state index < -0.39 is 5.54 Å². The molecular weight excluding hydrogens is 228 g/mol. The fourth-order valence-corrected chi connectivity index (χ4v) is 2.92. The molecule has 0 radical (unpaired) electrons. The SMILES string of the molecule is CC(C)(C)C1CCN(C(=O)C2(N)CCOCC2)C1. The lowest BCUT2D eigenvalue weighted by Gasteiger charge is -2.36. The standard InChI is InChI=1S/C14H26N2O2/c1-13(2,3)11-4-7-16(10-11)12(17)14(15)5-8-18-9-6-14/h11H,4-10,15H2,1-3H3. The van der Waals surface area contributed by atoms with Crippen molar-refractivity contribution in [3.8, 4) is 0 Å². The van der Waals surface area contributed by atoms with E-state index in [0.29, 0.717) is 32.0 Å². The maximum Gasteiger partial charge on any atom is 0.242 e. The highest BCUT2D eigenvalue weighted by Crippen LogP contribution is 2.35. The van der Waals surface area contributed by atoms with Crippen LogP contribution in [0.4, 0.5) is 0 Å². The minimum absolute atomic E-state index is 0.137. The average molecular weight is 254 g/mol.